The molecule has 13 heteroatoms. The molecule has 0 saturated carbocycles. The van der Waals surface area contributed by atoms with Crippen molar-refractivity contribution >= 4 is 51.4 Å². The molecule has 0 bridgehead atoms. The largest absolute Gasteiger partial charge is 0.475 e. The molecule has 1 atom stereocenters. The molecule has 0 aliphatic rings. The number of nitrogens with one attached hydrogen (secondary N) is 2. The van der Waals surface area contributed by atoms with E-state index in [1.165, 1.54) is 19.1 Å². The number of benzene rings is 2. The van der Waals surface area contributed by atoms with Gasteiger partial charge in [-0.05, 0) is 36.4 Å². The lowest BCUT2D eigenvalue weighted by atomic mass is 10.3. The molecule has 0 spiro atoms. The Bertz CT molecular complexity index is 997. The Balaban J connectivity index is 2.05. The molecule has 2 rings (SSSR count). The van der Waals surface area contributed by atoms with E-state index in [9.17, 15) is 37.1 Å². The summed E-state index contributed by atoms with van der Waals surface area (Å²) in [7, 11) is -3.40. The van der Waals surface area contributed by atoms with Crippen molar-refractivity contribution in [3.8, 4) is 0 Å². The first kappa shape index (κ1) is 23.3. The predicted octanol–water partition coefficient (Wildman–Crippen LogP) is 3.91. The Morgan fingerprint density at radius 1 is 1.10 bits per heavy atom. The molecule has 160 valence electrons. The summed E-state index contributed by atoms with van der Waals surface area (Å²) in [5, 5.41) is 16.3. The van der Waals surface area contributed by atoms with Crippen LogP contribution in [-0.4, -0.2) is 32.2 Å². The predicted molar refractivity (Wildman–Crippen MR) is 106 cm³/mol. The van der Waals surface area contributed by atoms with Gasteiger partial charge in [0.2, 0.25) is 11.8 Å². The summed E-state index contributed by atoms with van der Waals surface area (Å²) in [6.45, 7) is 1.35. The third-order valence-corrected chi connectivity index (χ3v) is 5.56. The lowest BCUT2D eigenvalue weighted by Crippen LogP contribution is -2.16. The number of rotatable bonds is 7. The number of nitro groups is 1. The van der Waals surface area contributed by atoms with Gasteiger partial charge in [0, 0.05) is 24.4 Å². The summed E-state index contributed by atoms with van der Waals surface area (Å²) in [5.41, 5.74) is -4.78. The fourth-order valence-corrected chi connectivity index (χ4v) is 3.67. The van der Waals surface area contributed by atoms with Crippen LogP contribution >= 0.6 is 11.8 Å². The summed E-state index contributed by atoms with van der Waals surface area (Å²) >= 11 is 0.751. The van der Waals surface area contributed by atoms with E-state index in [1.807, 2.05) is 0 Å². The molecule has 30 heavy (non-hydrogen) atoms. The molecular weight excluding hydrogens is 447 g/mol. The van der Waals surface area contributed by atoms with Crippen LogP contribution in [0, 0.1) is 10.1 Å². The van der Waals surface area contributed by atoms with Gasteiger partial charge in [0.05, 0.1) is 20.5 Å². The number of thioether (sulfide) groups is 1. The van der Waals surface area contributed by atoms with Crippen molar-refractivity contribution in [1.82, 2.24) is 0 Å². The van der Waals surface area contributed by atoms with E-state index in [1.54, 1.807) is 12.1 Å². The van der Waals surface area contributed by atoms with Crippen LogP contribution in [0.5, 0.6) is 0 Å². The number of halogens is 3. The van der Waals surface area contributed by atoms with Crippen LogP contribution in [0.4, 0.5) is 30.2 Å². The monoisotopic (exact) mass is 461 g/mol. The van der Waals surface area contributed by atoms with Crippen LogP contribution in [-0.2, 0) is 20.4 Å². The second-order valence-corrected chi connectivity index (χ2v) is 8.19. The Morgan fingerprint density at radius 3 is 2.17 bits per heavy atom. The Morgan fingerprint density at radius 2 is 1.67 bits per heavy atom. The minimum Gasteiger partial charge on any atom is -0.326 e. The first-order chi connectivity index (χ1) is 14.0. The van der Waals surface area contributed by atoms with Crippen molar-refractivity contribution in [3.63, 3.8) is 0 Å². The number of nitrogens with zero attached hydrogens (tertiary/aromatic N) is 1. The van der Waals surface area contributed by atoms with Gasteiger partial charge >= 0.3 is 5.51 Å². The maximum Gasteiger partial charge on any atom is 0.475 e. The number of carbonyl (C=O) groups is 2. The summed E-state index contributed by atoms with van der Waals surface area (Å²) in [5.74, 6) is -1.02. The molecule has 0 radical (unpaired) electrons. The highest BCUT2D eigenvalue weighted by molar-refractivity contribution is 8.00. The number of nitro benzene ring substituents is 1. The number of hydrogen-bond donors (Lipinski definition) is 2. The van der Waals surface area contributed by atoms with Crippen LogP contribution in [0.3, 0.4) is 0 Å². The molecule has 2 aromatic rings. The molecule has 2 amide bonds. The number of alkyl halides is 3. The van der Waals surface area contributed by atoms with E-state index in [0.29, 0.717) is 17.4 Å². The average Bonchev–Trinajstić information content (AvgIpc) is 2.66. The molecule has 0 aliphatic heterocycles. The fraction of sp³-hybridized carbons (Fsp3) is 0.176. The molecule has 0 heterocycles. The molecule has 0 saturated heterocycles. The van der Waals surface area contributed by atoms with Crippen molar-refractivity contribution in [1.29, 1.82) is 0 Å². The summed E-state index contributed by atoms with van der Waals surface area (Å²) in [4.78, 5) is 32.5. The summed E-state index contributed by atoms with van der Waals surface area (Å²) in [6, 6.07) is 8.69. The van der Waals surface area contributed by atoms with E-state index in [2.05, 4.69) is 10.6 Å². The van der Waals surface area contributed by atoms with Crippen LogP contribution in [0.2, 0.25) is 0 Å². The van der Waals surface area contributed by atoms with Crippen LogP contribution in [0.25, 0.3) is 0 Å². The van der Waals surface area contributed by atoms with Gasteiger partial charge in [0.25, 0.3) is 5.69 Å². The highest BCUT2D eigenvalue weighted by atomic mass is 32.2. The zero-order valence-corrected chi connectivity index (χ0v) is 16.8. The summed E-state index contributed by atoms with van der Waals surface area (Å²) < 4.78 is 49.1. The molecular formula is C17H14F3N3O5S2. The van der Waals surface area contributed by atoms with Gasteiger partial charge in [-0.2, -0.15) is 13.2 Å². The van der Waals surface area contributed by atoms with Crippen molar-refractivity contribution in [2.24, 2.45) is 0 Å². The molecule has 0 fully saturated rings. The van der Waals surface area contributed by atoms with Crippen molar-refractivity contribution in [2.75, 3.05) is 16.4 Å². The van der Waals surface area contributed by atoms with E-state index >= 15 is 0 Å². The topological polar surface area (TPSA) is 118 Å². The Kier molecular flexibility index (Phi) is 7.56. The second-order valence-electron chi connectivity index (χ2n) is 5.70. The van der Waals surface area contributed by atoms with Gasteiger partial charge in [-0.1, -0.05) is 0 Å². The third kappa shape index (κ3) is 6.56. The van der Waals surface area contributed by atoms with E-state index in [4.69, 9.17) is 0 Å². The van der Waals surface area contributed by atoms with Crippen LogP contribution in [0.15, 0.2) is 52.3 Å². The first-order valence-corrected chi connectivity index (χ1v) is 10.2. The van der Waals surface area contributed by atoms with Crippen molar-refractivity contribution < 1.29 is 31.9 Å². The van der Waals surface area contributed by atoms with Gasteiger partial charge in [0.1, 0.15) is 0 Å². The zero-order chi connectivity index (χ0) is 22.5. The molecule has 0 aromatic heterocycles. The standard InChI is InChI=1S/C17H14F3N3O5S2/c1-10(24)21-11-2-4-12(5-3-11)22-16(25)9-29-15-7-6-13(8-14(15)23(26)27)30(28)17(18,19)20/h2-8H,9H2,1H3,(H,21,24)(H,22,25). The average molecular weight is 461 g/mol. The zero-order valence-electron chi connectivity index (χ0n) is 15.2. The van der Waals surface area contributed by atoms with Crippen molar-refractivity contribution in [2.45, 2.75) is 22.2 Å². The molecule has 8 nitrogen and oxygen atoms in total. The van der Waals surface area contributed by atoms with Gasteiger partial charge < -0.3 is 10.6 Å². The van der Waals surface area contributed by atoms with Gasteiger partial charge in [-0.3, -0.25) is 19.7 Å². The molecule has 0 aliphatic carbocycles. The number of amides is 2. The molecule has 2 N–H and O–H groups in total. The molecule has 1 unspecified atom stereocenters. The van der Waals surface area contributed by atoms with Gasteiger partial charge in [0.15, 0.2) is 10.8 Å². The van der Waals surface area contributed by atoms with Crippen LogP contribution < -0.4 is 10.6 Å². The quantitative estimate of drug-likeness (QED) is 0.367. The second kappa shape index (κ2) is 9.71. The fourth-order valence-electron chi connectivity index (χ4n) is 2.19. The SMILES string of the molecule is CC(=O)Nc1ccc(NC(=O)CSc2ccc(S(=O)C(F)(F)F)cc2[N+](=O)[O-])cc1. The van der Waals surface area contributed by atoms with E-state index in [0.717, 1.165) is 23.9 Å². The maximum atomic E-state index is 12.6. The Hall–Kier alpha value is -2.93. The lowest BCUT2D eigenvalue weighted by molar-refractivity contribution is -0.387. The smallest absolute Gasteiger partial charge is 0.326 e. The third-order valence-electron chi connectivity index (χ3n) is 3.40. The molecule has 2 aromatic carbocycles. The minimum atomic E-state index is -5.04. The van der Waals surface area contributed by atoms with Gasteiger partial charge in [-0.15, -0.1) is 11.8 Å². The minimum absolute atomic E-state index is 0.0425. The highest BCUT2D eigenvalue weighted by Crippen LogP contribution is 2.34. The van der Waals surface area contributed by atoms with E-state index in [-0.39, 0.29) is 16.6 Å². The van der Waals surface area contributed by atoms with E-state index < -0.39 is 37.7 Å². The lowest BCUT2D eigenvalue weighted by Gasteiger charge is -2.09. The first-order valence-electron chi connectivity index (χ1n) is 8.04. The summed E-state index contributed by atoms with van der Waals surface area (Å²) in [6.07, 6.45) is 0. The van der Waals surface area contributed by atoms with Crippen LogP contribution in [0.1, 0.15) is 6.92 Å². The number of hydrogen-bond acceptors (Lipinski definition) is 6. The van der Waals surface area contributed by atoms with Crippen molar-refractivity contribution in [3.05, 3.63) is 52.6 Å². The maximum absolute atomic E-state index is 12.6. The number of carbonyl (C=O) groups excluding carboxylic acids is 2. The Labute approximate surface area is 174 Å². The highest BCUT2D eigenvalue weighted by Gasteiger charge is 2.38. The normalized spacial score (nSPS) is 12.1. The number of anilines is 2. The van der Waals surface area contributed by atoms with Gasteiger partial charge in [-0.25, -0.2) is 4.21 Å².